The van der Waals surface area contributed by atoms with Crippen LogP contribution in [0.25, 0.3) is 0 Å². The van der Waals surface area contributed by atoms with Crippen LogP contribution in [0.4, 0.5) is 11.4 Å². The van der Waals surface area contributed by atoms with E-state index in [1.807, 2.05) is 19.1 Å². The van der Waals surface area contributed by atoms with Crippen LogP contribution in [0.2, 0.25) is 0 Å². The second-order valence-electron chi connectivity index (χ2n) is 6.32. The fourth-order valence-corrected chi connectivity index (χ4v) is 4.35. The summed E-state index contributed by atoms with van der Waals surface area (Å²) in [5.74, 6) is 0.609. The lowest BCUT2D eigenvalue weighted by Crippen LogP contribution is -2.27. The first-order valence-corrected chi connectivity index (χ1v) is 9.87. The molecule has 1 N–H and O–H groups in total. The molecule has 1 aromatic heterocycles. The van der Waals surface area contributed by atoms with Crippen molar-refractivity contribution < 1.29 is 4.79 Å². The number of thioether (sulfide) groups is 1. The molecule has 7 heteroatoms. The molecule has 0 radical (unpaired) electrons. The third kappa shape index (κ3) is 3.77. The van der Waals surface area contributed by atoms with Crippen LogP contribution >= 0.6 is 11.8 Å². The van der Waals surface area contributed by atoms with Crippen molar-refractivity contribution in [3.63, 3.8) is 0 Å². The number of nitrogens with zero attached hydrogens (tertiary/aromatic N) is 3. The Hall–Kier alpha value is -2.28. The zero-order chi connectivity index (χ0) is 18.7. The van der Waals surface area contributed by atoms with Crippen molar-refractivity contribution in [3.05, 3.63) is 46.4 Å². The molecular weight excluding hydrogens is 348 g/mol. The molecule has 1 unspecified atom stereocenters. The average molecular weight is 372 g/mol. The number of rotatable bonds is 6. The number of fused-ring (bicyclic) bond motifs is 1. The van der Waals surface area contributed by atoms with Gasteiger partial charge in [-0.15, -0.1) is 0 Å². The molecule has 6 nitrogen and oxygen atoms in total. The van der Waals surface area contributed by atoms with Gasteiger partial charge in [-0.3, -0.25) is 14.2 Å². The molecule has 2 aromatic rings. The predicted octanol–water partition coefficient (Wildman–Crippen LogP) is 3.07. The van der Waals surface area contributed by atoms with Gasteiger partial charge in [-0.25, -0.2) is 4.98 Å². The predicted molar refractivity (Wildman–Crippen MR) is 106 cm³/mol. The van der Waals surface area contributed by atoms with Gasteiger partial charge in [0, 0.05) is 48.9 Å². The number of benzene rings is 1. The molecular formula is C19H24N4O2S. The van der Waals surface area contributed by atoms with Gasteiger partial charge in [0.25, 0.3) is 5.56 Å². The van der Waals surface area contributed by atoms with E-state index in [0.29, 0.717) is 10.9 Å². The highest BCUT2D eigenvalue weighted by atomic mass is 32.2. The number of anilines is 2. The first kappa shape index (κ1) is 18.5. The zero-order valence-corrected chi connectivity index (χ0v) is 16.2. The van der Waals surface area contributed by atoms with Crippen molar-refractivity contribution in [3.8, 4) is 0 Å². The monoisotopic (exact) mass is 372 g/mol. The normalized spacial score (nSPS) is 15.6. The molecule has 0 fully saturated rings. The summed E-state index contributed by atoms with van der Waals surface area (Å²) in [5, 5.41) is 3.68. The van der Waals surface area contributed by atoms with Gasteiger partial charge in [-0.2, -0.15) is 0 Å². The maximum atomic E-state index is 12.5. The highest BCUT2D eigenvalue weighted by molar-refractivity contribution is 7.99. The molecule has 0 saturated heterocycles. The number of amides is 1. The Balaban J connectivity index is 1.69. The van der Waals surface area contributed by atoms with E-state index in [1.54, 1.807) is 4.57 Å². The lowest BCUT2D eigenvalue weighted by atomic mass is 10.1. The van der Waals surface area contributed by atoms with Crippen LogP contribution in [0.3, 0.4) is 0 Å². The number of carbonyl (C=O) groups is 1. The van der Waals surface area contributed by atoms with Crippen LogP contribution in [0.1, 0.15) is 31.9 Å². The minimum atomic E-state index is -0.147. The minimum absolute atomic E-state index is 0.0853. The minimum Gasteiger partial charge on any atom is -0.372 e. The summed E-state index contributed by atoms with van der Waals surface area (Å²) in [6.07, 6.45) is 1.78. The molecule has 1 aromatic carbocycles. The van der Waals surface area contributed by atoms with Gasteiger partial charge in [0.1, 0.15) is 0 Å². The molecule has 2 heterocycles. The summed E-state index contributed by atoms with van der Waals surface area (Å²) in [7, 11) is 0. The van der Waals surface area contributed by atoms with E-state index in [2.05, 4.69) is 35.1 Å². The van der Waals surface area contributed by atoms with Crippen LogP contribution in [-0.2, 0) is 4.79 Å². The number of hydrogen-bond donors (Lipinski definition) is 1. The molecule has 1 atom stereocenters. The number of aryl methyl sites for hydroxylation is 1. The summed E-state index contributed by atoms with van der Waals surface area (Å²) >= 11 is 1.52. The fourth-order valence-electron chi connectivity index (χ4n) is 3.23. The van der Waals surface area contributed by atoms with Gasteiger partial charge >= 0.3 is 0 Å². The SMILES string of the molecule is CCN(CC)c1ccc(NC(=O)CC2CSc3nccc(=O)n32)c(C)c1. The molecule has 3 rings (SSSR count). The number of aromatic nitrogens is 2. The Bertz CT molecular complexity index is 861. The van der Waals surface area contributed by atoms with E-state index < -0.39 is 0 Å². The second kappa shape index (κ2) is 7.95. The Labute approximate surface area is 157 Å². The highest BCUT2D eigenvalue weighted by Gasteiger charge is 2.26. The van der Waals surface area contributed by atoms with Crippen molar-refractivity contribution >= 4 is 29.0 Å². The van der Waals surface area contributed by atoms with Crippen molar-refractivity contribution in [1.82, 2.24) is 9.55 Å². The Morgan fingerprint density at radius 1 is 1.35 bits per heavy atom. The van der Waals surface area contributed by atoms with Crippen LogP contribution < -0.4 is 15.8 Å². The van der Waals surface area contributed by atoms with Crippen molar-refractivity contribution in [1.29, 1.82) is 0 Å². The summed E-state index contributed by atoms with van der Waals surface area (Å²) in [5.41, 5.74) is 2.90. The number of nitrogens with one attached hydrogen (secondary N) is 1. The Kier molecular flexibility index (Phi) is 5.66. The second-order valence-corrected chi connectivity index (χ2v) is 7.31. The van der Waals surface area contributed by atoms with Crippen LogP contribution in [-0.4, -0.2) is 34.3 Å². The molecule has 0 bridgehead atoms. The van der Waals surface area contributed by atoms with Gasteiger partial charge in [-0.1, -0.05) is 11.8 Å². The maximum absolute atomic E-state index is 12.5. The van der Waals surface area contributed by atoms with Gasteiger partial charge in [-0.05, 0) is 44.5 Å². The van der Waals surface area contributed by atoms with E-state index in [1.165, 1.54) is 24.0 Å². The summed E-state index contributed by atoms with van der Waals surface area (Å²) in [6.45, 7) is 8.15. The standard InChI is InChI=1S/C19H24N4O2S/c1-4-22(5-2)14-6-7-16(13(3)10-14)21-17(24)11-15-12-26-19-20-9-8-18(25)23(15)19/h6-10,15H,4-5,11-12H2,1-3H3,(H,21,24). The first-order chi connectivity index (χ1) is 12.5. The third-order valence-corrected chi connectivity index (χ3v) is 5.76. The highest BCUT2D eigenvalue weighted by Crippen LogP contribution is 2.32. The maximum Gasteiger partial charge on any atom is 0.254 e. The zero-order valence-electron chi connectivity index (χ0n) is 15.4. The number of carbonyl (C=O) groups excluding carboxylic acids is 1. The average Bonchev–Trinajstić information content (AvgIpc) is 3.02. The lowest BCUT2D eigenvalue weighted by molar-refractivity contribution is -0.116. The van der Waals surface area contributed by atoms with Gasteiger partial charge < -0.3 is 10.2 Å². The third-order valence-electron chi connectivity index (χ3n) is 4.65. The van der Waals surface area contributed by atoms with E-state index in [9.17, 15) is 9.59 Å². The molecule has 1 aliphatic heterocycles. The smallest absolute Gasteiger partial charge is 0.254 e. The molecule has 0 aliphatic carbocycles. The molecule has 1 aliphatic rings. The quantitative estimate of drug-likeness (QED) is 0.790. The van der Waals surface area contributed by atoms with Crippen molar-refractivity contribution in [2.24, 2.45) is 0 Å². The molecule has 1 amide bonds. The van der Waals surface area contributed by atoms with Crippen LogP contribution in [0, 0.1) is 6.92 Å². The molecule has 0 saturated carbocycles. The van der Waals surface area contributed by atoms with Gasteiger partial charge in [0.15, 0.2) is 5.16 Å². The van der Waals surface area contributed by atoms with Crippen molar-refractivity contribution in [2.45, 2.75) is 38.4 Å². The number of hydrogen-bond acceptors (Lipinski definition) is 5. The fraction of sp³-hybridized carbons (Fsp3) is 0.421. The largest absolute Gasteiger partial charge is 0.372 e. The van der Waals surface area contributed by atoms with Gasteiger partial charge in [0.2, 0.25) is 5.91 Å². The molecule has 0 spiro atoms. The van der Waals surface area contributed by atoms with E-state index >= 15 is 0 Å². The molecule has 138 valence electrons. The summed E-state index contributed by atoms with van der Waals surface area (Å²) in [6, 6.07) is 7.37. The lowest BCUT2D eigenvalue weighted by Gasteiger charge is -2.22. The van der Waals surface area contributed by atoms with Crippen LogP contribution in [0.5, 0.6) is 0 Å². The summed E-state index contributed by atoms with van der Waals surface area (Å²) in [4.78, 5) is 31.0. The molecule has 26 heavy (non-hydrogen) atoms. The van der Waals surface area contributed by atoms with Crippen molar-refractivity contribution in [2.75, 3.05) is 29.1 Å². The summed E-state index contributed by atoms with van der Waals surface area (Å²) < 4.78 is 1.63. The Morgan fingerprint density at radius 3 is 2.81 bits per heavy atom. The Morgan fingerprint density at radius 2 is 2.12 bits per heavy atom. The van der Waals surface area contributed by atoms with E-state index in [0.717, 1.165) is 30.0 Å². The van der Waals surface area contributed by atoms with Crippen LogP contribution in [0.15, 0.2) is 40.4 Å². The van der Waals surface area contributed by atoms with Gasteiger partial charge in [0.05, 0.1) is 6.04 Å². The van der Waals surface area contributed by atoms with E-state index in [4.69, 9.17) is 0 Å². The first-order valence-electron chi connectivity index (χ1n) is 8.89. The topological polar surface area (TPSA) is 67.2 Å². The van der Waals surface area contributed by atoms with E-state index in [-0.39, 0.29) is 23.9 Å².